The number of rotatable bonds is 8. The maximum Gasteiger partial charge on any atom is 0.191 e. The highest BCUT2D eigenvalue weighted by Crippen LogP contribution is 2.48. The van der Waals surface area contributed by atoms with Crippen LogP contribution in [0.4, 0.5) is 5.82 Å². The average Bonchev–Trinajstić information content (AvgIpc) is 3.50. The standard InChI is InChI=1S/C27H35N3O5/c1-32-14-33-15-34-26-18-6-4-5-16(18)9-11-19(26)25-20-13-17-10-12-23(35-17)24(20)27(30-29-25)28-21-7-2-3-8-22(21)31/h9,11,17,21-23,31H,2-8,10,12-15H2,1H3,(H,28,30)/t17-,21-,22-,23+/m1/s1. The van der Waals surface area contributed by atoms with Gasteiger partial charge in [-0.3, -0.25) is 0 Å². The lowest BCUT2D eigenvalue weighted by Gasteiger charge is -2.32. The van der Waals surface area contributed by atoms with Gasteiger partial charge in [0.05, 0.1) is 24.4 Å². The van der Waals surface area contributed by atoms with E-state index in [1.165, 1.54) is 16.7 Å². The Balaban J connectivity index is 1.40. The van der Waals surface area contributed by atoms with Crippen LogP contribution >= 0.6 is 0 Å². The summed E-state index contributed by atoms with van der Waals surface area (Å²) in [5.41, 5.74) is 6.76. The molecule has 2 aliphatic carbocycles. The smallest absolute Gasteiger partial charge is 0.191 e. The number of methoxy groups -OCH3 is 1. The number of aromatic nitrogens is 2. The van der Waals surface area contributed by atoms with Gasteiger partial charge in [0.2, 0.25) is 0 Å². The normalized spacial score (nSPS) is 26.9. The molecule has 4 atom stereocenters. The van der Waals surface area contributed by atoms with Crippen molar-refractivity contribution in [3.05, 3.63) is 34.4 Å². The average molecular weight is 482 g/mol. The first-order chi connectivity index (χ1) is 17.2. The minimum Gasteiger partial charge on any atom is -0.466 e. The van der Waals surface area contributed by atoms with E-state index in [4.69, 9.17) is 29.1 Å². The molecular formula is C27H35N3O5. The second-order valence-corrected chi connectivity index (χ2v) is 10.2. The Bertz CT molecular complexity index is 1080. The molecule has 6 rings (SSSR count). The quantitative estimate of drug-likeness (QED) is 0.430. The fourth-order valence-electron chi connectivity index (χ4n) is 6.31. The molecule has 1 saturated heterocycles. The third-order valence-electron chi connectivity index (χ3n) is 8.00. The van der Waals surface area contributed by atoms with Crippen molar-refractivity contribution >= 4 is 5.82 Å². The van der Waals surface area contributed by atoms with Gasteiger partial charge in [0.25, 0.3) is 0 Å². The summed E-state index contributed by atoms with van der Waals surface area (Å²) in [6, 6.07) is 4.35. The highest BCUT2D eigenvalue weighted by molar-refractivity contribution is 5.76. The van der Waals surface area contributed by atoms with Crippen molar-refractivity contribution < 1.29 is 24.1 Å². The van der Waals surface area contributed by atoms with Crippen LogP contribution in [0, 0.1) is 0 Å². The molecule has 4 aliphatic rings. The monoisotopic (exact) mass is 481 g/mol. The van der Waals surface area contributed by atoms with Gasteiger partial charge in [0, 0.05) is 24.7 Å². The number of aliphatic hydroxyl groups excluding tert-OH is 1. The summed E-state index contributed by atoms with van der Waals surface area (Å²) >= 11 is 0. The predicted octanol–water partition coefficient (Wildman–Crippen LogP) is 4.08. The van der Waals surface area contributed by atoms with Gasteiger partial charge < -0.3 is 29.4 Å². The fourth-order valence-corrected chi connectivity index (χ4v) is 6.31. The molecule has 1 aromatic heterocycles. The molecule has 2 aliphatic heterocycles. The summed E-state index contributed by atoms with van der Waals surface area (Å²) in [7, 11) is 1.60. The largest absolute Gasteiger partial charge is 0.466 e. The predicted molar refractivity (Wildman–Crippen MR) is 130 cm³/mol. The molecule has 8 heteroatoms. The fraction of sp³-hybridized carbons (Fsp3) is 0.630. The van der Waals surface area contributed by atoms with E-state index in [2.05, 4.69) is 17.4 Å². The number of aliphatic hydroxyl groups is 1. The van der Waals surface area contributed by atoms with Gasteiger partial charge in [-0.1, -0.05) is 18.9 Å². The van der Waals surface area contributed by atoms with Gasteiger partial charge >= 0.3 is 0 Å². The maximum absolute atomic E-state index is 10.6. The lowest BCUT2D eigenvalue weighted by Crippen LogP contribution is -2.37. The zero-order valence-electron chi connectivity index (χ0n) is 20.4. The lowest BCUT2D eigenvalue weighted by molar-refractivity contribution is -0.0835. The van der Waals surface area contributed by atoms with Crippen LogP contribution in [0.25, 0.3) is 11.3 Å². The van der Waals surface area contributed by atoms with Crippen molar-refractivity contribution in [2.45, 2.75) is 88.6 Å². The van der Waals surface area contributed by atoms with Crippen molar-refractivity contribution in [3.63, 3.8) is 0 Å². The van der Waals surface area contributed by atoms with Gasteiger partial charge in [0.1, 0.15) is 18.2 Å². The van der Waals surface area contributed by atoms with E-state index in [1.807, 2.05) is 0 Å². The van der Waals surface area contributed by atoms with Crippen LogP contribution in [0.5, 0.6) is 5.75 Å². The van der Waals surface area contributed by atoms with Gasteiger partial charge in [-0.2, -0.15) is 0 Å². The first kappa shape index (κ1) is 23.2. The van der Waals surface area contributed by atoms with Crippen molar-refractivity contribution in [2.24, 2.45) is 0 Å². The van der Waals surface area contributed by atoms with Crippen LogP contribution in [-0.4, -0.2) is 54.2 Å². The van der Waals surface area contributed by atoms with Crippen LogP contribution < -0.4 is 10.1 Å². The molecule has 3 heterocycles. The molecule has 0 unspecified atom stereocenters. The third kappa shape index (κ3) is 4.42. The van der Waals surface area contributed by atoms with Crippen LogP contribution in [0.2, 0.25) is 0 Å². The number of anilines is 1. The van der Waals surface area contributed by atoms with Crippen molar-refractivity contribution in [2.75, 3.05) is 26.0 Å². The van der Waals surface area contributed by atoms with Crippen molar-refractivity contribution in [1.29, 1.82) is 0 Å². The molecule has 2 fully saturated rings. The van der Waals surface area contributed by atoms with E-state index >= 15 is 0 Å². The molecule has 8 nitrogen and oxygen atoms in total. The third-order valence-corrected chi connectivity index (χ3v) is 8.00. The van der Waals surface area contributed by atoms with Gasteiger partial charge in [0.15, 0.2) is 12.6 Å². The Morgan fingerprint density at radius 2 is 1.94 bits per heavy atom. The summed E-state index contributed by atoms with van der Waals surface area (Å²) < 4.78 is 23.0. The zero-order chi connectivity index (χ0) is 23.8. The Labute approximate surface area is 206 Å². The summed E-state index contributed by atoms with van der Waals surface area (Å²) in [4.78, 5) is 0. The van der Waals surface area contributed by atoms with Crippen LogP contribution in [0.1, 0.15) is 73.3 Å². The first-order valence-corrected chi connectivity index (χ1v) is 13.1. The molecule has 1 saturated carbocycles. The van der Waals surface area contributed by atoms with Crippen LogP contribution in [0.3, 0.4) is 0 Å². The SMILES string of the molecule is COCOCOc1c(-c2nnc(N[C@@H]3CCCC[C@H]3O)c3c2C[C@H]2CC[C@@H]3O2)ccc2c1CCC2. The summed E-state index contributed by atoms with van der Waals surface area (Å²) in [5, 5.41) is 23.6. The Morgan fingerprint density at radius 3 is 2.83 bits per heavy atom. The summed E-state index contributed by atoms with van der Waals surface area (Å²) in [6.45, 7) is 0.314. The Hall–Kier alpha value is -2.26. The van der Waals surface area contributed by atoms with Gasteiger partial charge in [-0.05, 0) is 67.7 Å². The topological polar surface area (TPSA) is 95.0 Å². The first-order valence-electron chi connectivity index (χ1n) is 13.1. The molecule has 2 N–H and O–H groups in total. The van der Waals surface area contributed by atoms with Crippen LogP contribution in [0.15, 0.2) is 12.1 Å². The molecule has 2 bridgehead atoms. The van der Waals surface area contributed by atoms with E-state index in [0.29, 0.717) is 0 Å². The number of nitrogens with one attached hydrogen (secondary N) is 1. The van der Waals surface area contributed by atoms with E-state index in [-0.39, 0.29) is 37.9 Å². The second-order valence-electron chi connectivity index (χ2n) is 10.2. The Morgan fingerprint density at radius 1 is 1.03 bits per heavy atom. The number of hydrogen-bond donors (Lipinski definition) is 2. The maximum atomic E-state index is 10.6. The molecule has 2 aromatic rings. The van der Waals surface area contributed by atoms with Crippen molar-refractivity contribution in [3.8, 4) is 17.0 Å². The number of fused-ring (bicyclic) bond motifs is 5. The minimum absolute atomic E-state index is 0.00366. The van der Waals surface area contributed by atoms with E-state index in [1.54, 1.807) is 7.11 Å². The van der Waals surface area contributed by atoms with Crippen LogP contribution in [-0.2, 0) is 33.5 Å². The van der Waals surface area contributed by atoms with E-state index in [0.717, 1.165) is 92.6 Å². The molecular weight excluding hydrogens is 446 g/mol. The molecule has 35 heavy (non-hydrogen) atoms. The summed E-state index contributed by atoms with van der Waals surface area (Å²) in [6.07, 6.45) is 9.87. The van der Waals surface area contributed by atoms with E-state index < -0.39 is 0 Å². The van der Waals surface area contributed by atoms with E-state index in [9.17, 15) is 5.11 Å². The van der Waals surface area contributed by atoms with Gasteiger partial charge in [-0.25, -0.2) is 0 Å². The highest BCUT2D eigenvalue weighted by Gasteiger charge is 2.39. The molecule has 0 amide bonds. The lowest BCUT2D eigenvalue weighted by atomic mass is 9.90. The number of hydrogen-bond acceptors (Lipinski definition) is 8. The molecule has 188 valence electrons. The zero-order valence-corrected chi connectivity index (χ0v) is 20.4. The van der Waals surface area contributed by atoms with Crippen molar-refractivity contribution in [1.82, 2.24) is 10.2 Å². The molecule has 0 spiro atoms. The molecule has 0 radical (unpaired) electrons. The second kappa shape index (κ2) is 10.0. The number of nitrogens with zero attached hydrogens (tertiary/aromatic N) is 2. The highest BCUT2D eigenvalue weighted by atomic mass is 16.7. The number of benzene rings is 1. The number of ether oxygens (including phenoxy) is 4. The Kier molecular flexibility index (Phi) is 6.62. The number of aryl methyl sites for hydroxylation is 1. The minimum atomic E-state index is -0.356. The molecule has 1 aromatic carbocycles. The summed E-state index contributed by atoms with van der Waals surface area (Å²) in [5.74, 6) is 1.63. The van der Waals surface area contributed by atoms with Gasteiger partial charge in [-0.15, -0.1) is 10.2 Å².